The molecule has 2 fully saturated rings. The third-order valence-electron chi connectivity index (χ3n) is 5.11. The molecule has 0 radical (unpaired) electrons. The molecule has 3 heterocycles. The van der Waals surface area contributed by atoms with Crippen molar-refractivity contribution in [3.05, 3.63) is 46.2 Å². The molecule has 1 aromatic carbocycles. The Balaban J connectivity index is 1.64. The van der Waals surface area contributed by atoms with Gasteiger partial charge in [-0.2, -0.15) is 18.3 Å². The van der Waals surface area contributed by atoms with Gasteiger partial charge >= 0.3 is 6.18 Å². The molecule has 6 nitrogen and oxygen atoms in total. The van der Waals surface area contributed by atoms with Gasteiger partial charge < -0.3 is 14.4 Å². The van der Waals surface area contributed by atoms with E-state index < -0.39 is 17.3 Å². The van der Waals surface area contributed by atoms with Gasteiger partial charge in [-0.05, 0) is 38.0 Å². The van der Waals surface area contributed by atoms with E-state index in [9.17, 15) is 18.0 Å². The molecule has 1 N–H and O–H groups in total. The fourth-order valence-electron chi connectivity index (χ4n) is 3.76. The number of anilines is 1. The second-order valence-corrected chi connectivity index (χ2v) is 7.09. The van der Waals surface area contributed by atoms with Crippen LogP contribution in [0, 0.1) is 5.92 Å². The zero-order valence-corrected chi connectivity index (χ0v) is 15.2. The molecule has 2 aromatic rings. The zero-order valence-electron chi connectivity index (χ0n) is 15.2. The van der Waals surface area contributed by atoms with Crippen molar-refractivity contribution in [3.63, 3.8) is 0 Å². The van der Waals surface area contributed by atoms with Gasteiger partial charge in [-0.25, -0.2) is 5.10 Å². The molecule has 0 aliphatic carbocycles. The average Bonchev–Trinajstić information content (AvgIpc) is 2.65. The van der Waals surface area contributed by atoms with Gasteiger partial charge in [0, 0.05) is 36.3 Å². The number of nitrogens with one attached hydrogen (secondary N) is 1. The molecule has 0 bridgehead atoms. The lowest BCUT2D eigenvalue weighted by molar-refractivity contribution is -0.392. The maximum absolute atomic E-state index is 13.8. The summed E-state index contributed by atoms with van der Waals surface area (Å²) in [5, 5.41) is 6.07. The average molecular weight is 395 g/mol. The summed E-state index contributed by atoms with van der Waals surface area (Å²) in [6, 6.07) is 6.78. The number of piperidine rings is 1. The third-order valence-corrected chi connectivity index (χ3v) is 5.11. The van der Waals surface area contributed by atoms with Crippen molar-refractivity contribution in [2.24, 2.45) is 5.92 Å². The number of hydrogen-bond donors (Lipinski definition) is 1. The number of hydrogen-bond acceptors (Lipinski definition) is 5. The van der Waals surface area contributed by atoms with Gasteiger partial charge in [-0.3, -0.25) is 4.79 Å². The van der Waals surface area contributed by atoms with Crippen LogP contribution in [0.4, 0.5) is 18.9 Å². The number of aromatic amines is 1. The van der Waals surface area contributed by atoms with Gasteiger partial charge in [0.25, 0.3) is 5.56 Å². The minimum absolute atomic E-state index is 0.0339. The Labute approximate surface area is 159 Å². The molecule has 2 saturated heterocycles. The molecule has 2 aliphatic rings. The Morgan fingerprint density at radius 1 is 1.21 bits per heavy atom. The molecule has 9 heteroatoms. The first-order chi connectivity index (χ1) is 13.3. The van der Waals surface area contributed by atoms with Crippen LogP contribution in [0.15, 0.2) is 35.1 Å². The van der Waals surface area contributed by atoms with E-state index in [-0.39, 0.29) is 29.9 Å². The van der Waals surface area contributed by atoms with Gasteiger partial charge in [0.05, 0.1) is 11.3 Å². The standard InChI is InChI=1S/C19H20F3N3O3/c1-11-27-18(28-11)13-3-2-8-25(10-13)16-6-4-12(9-14(16)19(20,21)22)15-5-7-17(26)24-23-15/h4-7,9,11,13,18H,2-3,8,10H2,1H3,(H,24,26). The smallest absolute Gasteiger partial charge is 0.371 e. The number of H-pyrrole nitrogens is 1. The molecule has 1 unspecified atom stereocenters. The van der Waals surface area contributed by atoms with E-state index >= 15 is 0 Å². The monoisotopic (exact) mass is 395 g/mol. The minimum atomic E-state index is -4.52. The van der Waals surface area contributed by atoms with E-state index in [0.717, 1.165) is 18.9 Å². The van der Waals surface area contributed by atoms with Crippen LogP contribution in [-0.2, 0) is 15.7 Å². The van der Waals surface area contributed by atoms with Crippen molar-refractivity contribution in [1.29, 1.82) is 0 Å². The van der Waals surface area contributed by atoms with Gasteiger partial charge in [0.2, 0.25) is 0 Å². The lowest BCUT2D eigenvalue weighted by Crippen LogP contribution is -2.50. The molecule has 28 heavy (non-hydrogen) atoms. The van der Waals surface area contributed by atoms with Crippen molar-refractivity contribution in [1.82, 2.24) is 10.2 Å². The number of alkyl halides is 3. The van der Waals surface area contributed by atoms with Gasteiger partial charge in [0.1, 0.15) is 0 Å². The van der Waals surface area contributed by atoms with Crippen molar-refractivity contribution < 1.29 is 22.6 Å². The highest BCUT2D eigenvalue weighted by molar-refractivity contribution is 5.67. The van der Waals surface area contributed by atoms with Crippen LogP contribution < -0.4 is 10.5 Å². The number of rotatable bonds is 3. The lowest BCUT2D eigenvalue weighted by Gasteiger charge is -2.44. The number of benzene rings is 1. The Kier molecular flexibility index (Phi) is 4.88. The second-order valence-electron chi connectivity index (χ2n) is 7.09. The summed E-state index contributed by atoms with van der Waals surface area (Å²) >= 11 is 0. The first kappa shape index (κ1) is 18.9. The maximum Gasteiger partial charge on any atom is 0.418 e. The Hall–Kier alpha value is -2.39. The molecule has 0 amide bonds. The SMILES string of the molecule is CC1OC(C2CCCN(c3ccc(-c4ccc(=O)[nH]n4)cc3C(F)(F)F)C2)O1. The molecular weight excluding hydrogens is 375 g/mol. The summed E-state index contributed by atoms with van der Waals surface area (Å²) in [6.45, 7) is 2.78. The molecule has 0 saturated carbocycles. The number of halogens is 3. The van der Waals surface area contributed by atoms with Crippen LogP contribution in [0.2, 0.25) is 0 Å². The number of ether oxygens (including phenoxy) is 2. The molecule has 4 rings (SSSR count). The fourth-order valence-corrected chi connectivity index (χ4v) is 3.76. The predicted octanol–water partition coefficient (Wildman–Crippen LogP) is 3.39. The molecule has 0 spiro atoms. The lowest BCUT2D eigenvalue weighted by atomic mass is 9.95. The summed E-state index contributed by atoms with van der Waals surface area (Å²) in [4.78, 5) is 12.9. The first-order valence-corrected chi connectivity index (χ1v) is 9.14. The maximum atomic E-state index is 13.8. The Morgan fingerprint density at radius 2 is 2.00 bits per heavy atom. The minimum Gasteiger partial charge on any atom is -0.371 e. The van der Waals surface area contributed by atoms with Crippen LogP contribution in [0.3, 0.4) is 0 Å². The van der Waals surface area contributed by atoms with Crippen LogP contribution in [0.1, 0.15) is 25.3 Å². The topological polar surface area (TPSA) is 67.5 Å². The molecule has 150 valence electrons. The van der Waals surface area contributed by atoms with Crippen LogP contribution in [0.5, 0.6) is 0 Å². The summed E-state index contributed by atoms with van der Waals surface area (Å²) < 4.78 is 52.5. The molecule has 1 atom stereocenters. The number of aromatic nitrogens is 2. The van der Waals surface area contributed by atoms with Crippen molar-refractivity contribution in [3.8, 4) is 11.3 Å². The predicted molar refractivity (Wildman–Crippen MR) is 95.7 cm³/mol. The van der Waals surface area contributed by atoms with E-state index in [1.54, 1.807) is 17.9 Å². The van der Waals surface area contributed by atoms with Crippen LogP contribution in [-0.4, -0.2) is 35.9 Å². The van der Waals surface area contributed by atoms with Gasteiger partial charge in [-0.15, -0.1) is 0 Å². The van der Waals surface area contributed by atoms with Crippen molar-refractivity contribution in [2.75, 3.05) is 18.0 Å². The van der Waals surface area contributed by atoms with Crippen LogP contribution in [0.25, 0.3) is 11.3 Å². The van der Waals surface area contributed by atoms with E-state index in [4.69, 9.17) is 9.47 Å². The summed E-state index contributed by atoms with van der Waals surface area (Å²) in [5.74, 6) is 0.0339. The molecule has 1 aromatic heterocycles. The highest BCUT2D eigenvalue weighted by atomic mass is 19.4. The quantitative estimate of drug-likeness (QED) is 0.863. The van der Waals surface area contributed by atoms with Crippen LogP contribution >= 0.6 is 0 Å². The van der Waals surface area contributed by atoms with E-state index in [0.29, 0.717) is 18.7 Å². The molecule has 2 aliphatic heterocycles. The first-order valence-electron chi connectivity index (χ1n) is 9.14. The Morgan fingerprint density at radius 3 is 2.64 bits per heavy atom. The summed E-state index contributed by atoms with van der Waals surface area (Å²) in [7, 11) is 0. The summed E-state index contributed by atoms with van der Waals surface area (Å²) in [5.41, 5.74) is -0.426. The highest BCUT2D eigenvalue weighted by Gasteiger charge is 2.40. The van der Waals surface area contributed by atoms with E-state index in [1.807, 2.05) is 0 Å². The molecular formula is C19H20F3N3O3. The van der Waals surface area contributed by atoms with E-state index in [2.05, 4.69) is 10.2 Å². The Bertz CT molecular complexity index is 889. The normalized spacial score (nSPS) is 25.4. The van der Waals surface area contributed by atoms with Crippen molar-refractivity contribution >= 4 is 5.69 Å². The van der Waals surface area contributed by atoms with Crippen molar-refractivity contribution in [2.45, 2.75) is 38.5 Å². The van der Waals surface area contributed by atoms with Gasteiger partial charge in [-0.1, -0.05) is 6.07 Å². The number of nitrogens with zero attached hydrogens (tertiary/aromatic N) is 2. The second kappa shape index (κ2) is 7.21. The highest BCUT2D eigenvalue weighted by Crippen LogP contribution is 2.41. The van der Waals surface area contributed by atoms with E-state index in [1.165, 1.54) is 18.2 Å². The third kappa shape index (κ3) is 3.77. The fraction of sp³-hybridized carbons (Fsp3) is 0.474. The van der Waals surface area contributed by atoms with Gasteiger partial charge in [0.15, 0.2) is 12.6 Å². The summed E-state index contributed by atoms with van der Waals surface area (Å²) in [6.07, 6.45) is -3.50. The zero-order chi connectivity index (χ0) is 19.9. The largest absolute Gasteiger partial charge is 0.418 e.